The molecule has 1 saturated carbocycles. The molecule has 1 aliphatic carbocycles. The van der Waals surface area contributed by atoms with Gasteiger partial charge in [0.15, 0.2) is 0 Å². The summed E-state index contributed by atoms with van der Waals surface area (Å²) < 4.78 is 2.07. The largest absolute Gasteiger partial charge is 0.354 e. The van der Waals surface area contributed by atoms with Gasteiger partial charge in [0.2, 0.25) is 5.95 Å². The van der Waals surface area contributed by atoms with Crippen LogP contribution in [0.1, 0.15) is 25.7 Å². The van der Waals surface area contributed by atoms with E-state index in [0.29, 0.717) is 0 Å². The molecule has 0 spiro atoms. The zero-order valence-electron chi connectivity index (χ0n) is 11.3. The van der Waals surface area contributed by atoms with E-state index < -0.39 is 0 Å². The number of allylic oxidation sites excluding steroid dienone is 1. The van der Waals surface area contributed by atoms with E-state index >= 15 is 0 Å². The fourth-order valence-corrected chi connectivity index (χ4v) is 2.63. The first-order chi connectivity index (χ1) is 8.81. The van der Waals surface area contributed by atoms with Crippen molar-refractivity contribution < 1.29 is 0 Å². The van der Waals surface area contributed by atoms with Crippen LogP contribution in [0, 0.1) is 0 Å². The Labute approximate surface area is 110 Å². The van der Waals surface area contributed by atoms with Gasteiger partial charge < -0.3 is 14.8 Å². The Morgan fingerprint density at radius 3 is 3.06 bits per heavy atom. The lowest BCUT2D eigenvalue weighted by Crippen LogP contribution is -2.33. The summed E-state index contributed by atoms with van der Waals surface area (Å²) in [6, 6.07) is 0.791. The predicted octanol–water partition coefficient (Wildman–Crippen LogP) is 2.36. The summed E-state index contributed by atoms with van der Waals surface area (Å²) in [6.07, 6.45) is 11.2. The lowest BCUT2D eigenvalue weighted by Gasteiger charge is -2.24. The molecule has 0 aromatic carbocycles. The molecule has 0 bridgehead atoms. The zero-order chi connectivity index (χ0) is 12.8. The van der Waals surface area contributed by atoms with Crippen molar-refractivity contribution in [2.45, 2.75) is 38.3 Å². The molecule has 2 rings (SSSR count). The number of likely N-dealkylation sites (N-methyl/N-ethyl adjacent to an activating group) is 1. The number of nitrogens with zero attached hydrogens (tertiary/aromatic N) is 3. The van der Waals surface area contributed by atoms with Gasteiger partial charge in [-0.15, -0.1) is 6.58 Å². The third-order valence-electron chi connectivity index (χ3n) is 3.74. The average Bonchev–Trinajstić information content (AvgIpc) is 3.01. The Morgan fingerprint density at radius 2 is 2.33 bits per heavy atom. The van der Waals surface area contributed by atoms with Gasteiger partial charge in [0.1, 0.15) is 0 Å². The average molecular weight is 248 g/mol. The number of rotatable bonds is 7. The quantitative estimate of drug-likeness (QED) is 0.752. The minimum atomic E-state index is 0.791. The van der Waals surface area contributed by atoms with E-state index in [0.717, 1.165) is 31.6 Å². The molecule has 1 aliphatic rings. The fourth-order valence-electron chi connectivity index (χ4n) is 2.63. The van der Waals surface area contributed by atoms with Crippen molar-refractivity contribution >= 4 is 5.95 Å². The maximum atomic E-state index is 4.31. The van der Waals surface area contributed by atoms with Crippen LogP contribution < -0.4 is 5.32 Å². The van der Waals surface area contributed by atoms with E-state index in [1.165, 1.54) is 25.7 Å². The molecule has 1 aromatic heterocycles. The fraction of sp³-hybridized carbons (Fsp3) is 0.643. The van der Waals surface area contributed by atoms with Gasteiger partial charge in [-0.1, -0.05) is 18.9 Å². The summed E-state index contributed by atoms with van der Waals surface area (Å²) in [4.78, 5) is 6.79. The SMILES string of the molecule is C=CCn1ccnc1NCCN(C)C1CCCC1. The smallest absolute Gasteiger partial charge is 0.203 e. The van der Waals surface area contributed by atoms with Crippen molar-refractivity contribution in [3.63, 3.8) is 0 Å². The molecule has 1 N–H and O–H groups in total. The number of aromatic nitrogens is 2. The molecule has 0 amide bonds. The molecule has 18 heavy (non-hydrogen) atoms. The highest BCUT2D eigenvalue weighted by atomic mass is 15.2. The highest BCUT2D eigenvalue weighted by molar-refractivity contribution is 5.26. The number of nitrogens with one attached hydrogen (secondary N) is 1. The minimum absolute atomic E-state index is 0.791. The third-order valence-corrected chi connectivity index (χ3v) is 3.74. The molecule has 100 valence electrons. The first kappa shape index (κ1) is 13.1. The standard InChI is InChI=1S/C14H24N4/c1-3-10-18-12-9-16-14(18)15-8-11-17(2)13-6-4-5-7-13/h3,9,12-13H,1,4-8,10-11H2,2H3,(H,15,16). The summed E-state index contributed by atoms with van der Waals surface area (Å²) in [5.41, 5.74) is 0. The molecule has 0 aliphatic heterocycles. The van der Waals surface area contributed by atoms with Crippen LogP contribution in [0.25, 0.3) is 0 Å². The van der Waals surface area contributed by atoms with Crippen molar-refractivity contribution in [3.05, 3.63) is 25.0 Å². The second kappa shape index (κ2) is 6.59. The van der Waals surface area contributed by atoms with Gasteiger partial charge >= 0.3 is 0 Å². The second-order valence-corrected chi connectivity index (χ2v) is 5.04. The maximum Gasteiger partial charge on any atom is 0.203 e. The van der Waals surface area contributed by atoms with Crippen molar-refractivity contribution in [1.29, 1.82) is 0 Å². The first-order valence-corrected chi connectivity index (χ1v) is 6.87. The molecule has 4 nitrogen and oxygen atoms in total. The summed E-state index contributed by atoms with van der Waals surface area (Å²) in [6.45, 7) is 6.58. The van der Waals surface area contributed by atoms with E-state index in [9.17, 15) is 0 Å². The highest BCUT2D eigenvalue weighted by Gasteiger charge is 2.18. The predicted molar refractivity (Wildman–Crippen MR) is 75.8 cm³/mol. The molecule has 1 aromatic rings. The Balaban J connectivity index is 1.73. The molecule has 0 saturated heterocycles. The van der Waals surface area contributed by atoms with Gasteiger partial charge in [-0.05, 0) is 19.9 Å². The van der Waals surface area contributed by atoms with Gasteiger partial charge in [-0.3, -0.25) is 0 Å². The van der Waals surface area contributed by atoms with Crippen LogP contribution in [0.5, 0.6) is 0 Å². The Kier molecular flexibility index (Phi) is 4.81. The van der Waals surface area contributed by atoms with E-state index in [2.05, 4.69) is 33.4 Å². The maximum absolute atomic E-state index is 4.31. The molecule has 1 heterocycles. The second-order valence-electron chi connectivity index (χ2n) is 5.04. The molecule has 0 atom stereocenters. The molecule has 4 heteroatoms. The van der Waals surface area contributed by atoms with Crippen molar-refractivity contribution in [1.82, 2.24) is 14.5 Å². The van der Waals surface area contributed by atoms with Crippen LogP contribution in [-0.4, -0.2) is 40.6 Å². The topological polar surface area (TPSA) is 33.1 Å². The van der Waals surface area contributed by atoms with E-state index in [4.69, 9.17) is 0 Å². The summed E-state index contributed by atoms with van der Waals surface area (Å²) >= 11 is 0. The van der Waals surface area contributed by atoms with Gasteiger partial charge in [0.25, 0.3) is 0 Å². The molecule has 1 fully saturated rings. The number of imidazole rings is 1. The Hall–Kier alpha value is -1.29. The van der Waals surface area contributed by atoms with Crippen LogP contribution in [0.3, 0.4) is 0 Å². The van der Waals surface area contributed by atoms with Gasteiger partial charge in [0.05, 0.1) is 0 Å². The Bertz CT molecular complexity index is 366. The highest BCUT2D eigenvalue weighted by Crippen LogP contribution is 2.21. The van der Waals surface area contributed by atoms with Crippen molar-refractivity contribution in [3.8, 4) is 0 Å². The number of hydrogen-bond donors (Lipinski definition) is 1. The molecular formula is C14H24N4. The summed E-state index contributed by atoms with van der Waals surface area (Å²) in [7, 11) is 2.23. The minimum Gasteiger partial charge on any atom is -0.354 e. The first-order valence-electron chi connectivity index (χ1n) is 6.87. The lowest BCUT2D eigenvalue weighted by atomic mass is 10.2. The lowest BCUT2D eigenvalue weighted by molar-refractivity contribution is 0.254. The van der Waals surface area contributed by atoms with Gasteiger partial charge in [-0.2, -0.15) is 0 Å². The summed E-state index contributed by atoms with van der Waals surface area (Å²) in [5.74, 6) is 0.940. The van der Waals surface area contributed by atoms with Gasteiger partial charge in [0, 0.05) is 38.1 Å². The van der Waals surface area contributed by atoms with Crippen molar-refractivity contribution in [2.24, 2.45) is 0 Å². The zero-order valence-corrected chi connectivity index (χ0v) is 11.3. The third kappa shape index (κ3) is 3.35. The Morgan fingerprint density at radius 1 is 1.56 bits per heavy atom. The van der Waals surface area contributed by atoms with Crippen molar-refractivity contribution in [2.75, 3.05) is 25.5 Å². The number of hydrogen-bond acceptors (Lipinski definition) is 3. The van der Waals surface area contributed by atoms with E-state index in [1.54, 1.807) is 0 Å². The van der Waals surface area contributed by atoms with Crippen LogP contribution in [-0.2, 0) is 6.54 Å². The normalized spacial score (nSPS) is 16.3. The van der Waals surface area contributed by atoms with Gasteiger partial charge in [-0.25, -0.2) is 4.98 Å². The van der Waals surface area contributed by atoms with Crippen LogP contribution in [0.15, 0.2) is 25.0 Å². The molecule has 0 unspecified atom stereocenters. The van der Waals surface area contributed by atoms with E-state index in [-0.39, 0.29) is 0 Å². The van der Waals surface area contributed by atoms with Crippen LogP contribution in [0.4, 0.5) is 5.95 Å². The van der Waals surface area contributed by atoms with E-state index in [1.807, 2.05) is 18.5 Å². The molecule has 0 radical (unpaired) electrons. The van der Waals surface area contributed by atoms with Crippen LogP contribution in [0.2, 0.25) is 0 Å². The monoisotopic (exact) mass is 248 g/mol. The number of anilines is 1. The summed E-state index contributed by atoms with van der Waals surface area (Å²) in [5, 5.41) is 3.39. The molecular weight excluding hydrogens is 224 g/mol. The van der Waals surface area contributed by atoms with Crippen LogP contribution >= 0.6 is 0 Å².